The van der Waals surface area contributed by atoms with Crippen molar-refractivity contribution in [3.8, 4) is 0 Å². The fraction of sp³-hybridized carbons (Fsp3) is 0.769. The van der Waals surface area contributed by atoms with Gasteiger partial charge in [0.15, 0.2) is 0 Å². The molecule has 3 fully saturated rings. The highest BCUT2D eigenvalue weighted by molar-refractivity contribution is 6.21. The van der Waals surface area contributed by atoms with E-state index in [0.717, 1.165) is 32.1 Å². The van der Waals surface area contributed by atoms with Gasteiger partial charge in [0.2, 0.25) is 11.8 Å². The summed E-state index contributed by atoms with van der Waals surface area (Å²) in [7, 11) is 0. The molecular formula is C13H18N2O3. The number of nitrogens with one attached hydrogen (secondary N) is 1. The Balaban J connectivity index is 1.93. The number of barbiturate groups is 1. The largest absolute Gasteiger partial charge is 0.331 e. The fourth-order valence-corrected chi connectivity index (χ4v) is 3.27. The van der Waals surface area contributed by atoms with Gasteiger partial charge in [-0.25, -0.2) is 4.79 Å². The molecule has 0 aromatic heterocycles. The number of nitrogens with zero attached hydrogens (tertiary/aromatic N) is 1. The summed E-state index contributed by atoms with van der Waals surface area (Å²) in [5.41, 5.74) is -1.32. The van der Waals surface area contributed by atoms with E-state index >= 15 is 0 Å². The predicted molar refractivity (Wildman–Crippen MR) is 63.5 cm³/mol. The lowest BCUT2D eigenvalue weighted by Crippen LogP contribution is -2.66. The first-order valence-electron chi connectivity index (χ1n) is 6.70. The minimum atomic E-state index is -0.908. The third kappa shape index (κ3) is 1.42. The molecule has 2 saturated carbocycles. The minimum Gasteiger partial charge on any atom is -0.277 e. The van der Waals surface area contributed by atoms with Crippen LogP contribution in [0, 0.1) is 5.41 Å². The molecular weight excluding hydrogens is 232 g/mol. The van der Waals surface area contributed by atoms with E-state index in [2.05, 4.69) is 5.32 Å². The Bertz CT molecular complexity index is 434. The molecule has 1 N–H and O–H groups in total. The lowest BCUT2D eigenvalue weighted by Gasteiger charge is -2.45. The van der Waals surface area contributed by atoms with Crippen molar-refractivity contribution in [3.63, 3.8) is 0 Å². The molecule has 4 amide bonds. The zero-order chi connectivity index (χ0) is 13.0. The molecule has 0 atom stereocenters. The summed E-state index contributed by atoms with van der Waals surface area (Å²) < 4.78 is 0. The van der Waals surface area contributed by atoms with Gasteiger partial charge in [0.05, 0.1) is 0 Å². The van der Waals surface area contributed by atoms with Gasteiger partial charge >= 0.3 is 6.03 Å². The number of hydrogen-bond donors (Lipinski definition) is 1. The number of hydrogen-bond acceptors (Lipinski definition) is 3. The van der Waals surface area contributed by atoms with Gasteiger partial charge < -0.3 is 0 Å². The maximum Gasteiger partial charge on any atom is 0.331 e. The van der Waals surface area contributed by atoms with E-state index in [0.29, 0.717) is 12.8 Å². The number of carbonyl (C=O) groups is 3. The molecule has 18 heavy (non-hydrogen) atoms. The van der Waals surface area contributed by atoms with Crippen molar-refractivity contribution in [3.05, 3.63) is 0 Å². The number of rotatable bonds is 1. The van der Waals surface area contributed by atoms with Crippen LogP contribution in [0.25, 0.3) is 0 Å². The smallest absolute Gasteiger partial charge is 0.277 e. The zero-order valence-electron chi connectivity index (χ0n) is 10.6. The van der Waals surface area contributed by atoms with E-state index in [1.807, 2.05) is 6.92 Å². The van der Waals surface area contributed by atoms with E-state index in [1.165, 1.54) is 4.90 Å². The summed E-state index contributed by atoms with van der Waals surface area (Å²) in [6.07, 6.45) is 6.08. The second-order valence-corrected chi connectivity index (χ2v) is 6.04. The summed E-state index contributed by atoms with van der Waals surface area (Å²) in [5.74, 6) is -0.659. The van der Waals surface area contributed by atoms with Crippen molar-refractivity contribution in [2.75, 3.05) is 0 Å². The Morgan fingerprint density at radius 3 is 2.17 bits per heavy atom. The molecule has 1 spiro atoms. The zero-order valence-corrected chi connectivity index (χ0v) is 10.6. The van der Waals surface area contributed by atoms with Gasteiger partial charge in [0.25, 0.3) is 0 Å². The highest BCUT2D eigenvalue weighted by Crippen LogP contribution is 2.51. The van der Waals surface area contributed by atoms with Gasteiger partial charge in [-0.05, 0) is 32.6 Å². The molecule has 5 nitrogen and oxygen atoms in total. The van der Waals surface area contributed by atoms with Crippen molar-refractivity contribution in [1.82, 2.24) is 10.2 Å². The van der Waals surface area contributed by atoms with Crippen LogP contribution in [0.3, 0.4) is 0 Å². The van der Waals surface area contributed by atoms with Crippen LogP contribution in [0.2, 0.25) is 0 Å². The Morgan fingerprint density at radius 2 is 1.61 bits per heavy atom. The van der Waals surface area contributed by atoms with E-state index in [9.17, 15) is 14.4 Å². The van der Waals surface area contributed by atoms with Crippen LogP contribution in [0.5, 0.6) is 0 Å². The van der Waals surface area contributed by atoms with E-state index in [4.69, 9.17) is 0 Å². The third-order valence-electron chi connectivity index (χ3n) is 4.69. The van der Waals surface area contributed by atoms with Gasteiger partial charge in [-0.2, -0.15) is 0 Å². The van der Waals surface area contributed by atoms with Gasteiger partial charge in [0, 0.05) is 5.54 Å². The SMILES string of the molecule is CC1(N2C(=O)NC(=O)C3(CC3)C2=O)CCCCC1. The molecule has 5 heteroatoms. The summed E-state index contributed by atoms with van der Waals surface area (Å²) in [5, 5.41) is 2.36. The average molecular weight is 250 g/mol. The molecule has 1 heterocycles. The van der Waals surface area contributed by atoms with Crippen molar-refractivity contribution < 1.29 is 14.4 Å². The average Bonchev–Trinajstić information content (AvgIpc) is 3.08. The highest BCUT2D eigenvalue weighted by Gasteiger charge is 2.64. The third-order valence-corrected chi connectivity index (χ3v) is 4.69. The summed E-state index contributed by atoms with van der Waals surface area (Å²) in [6, 6.07) is -0.521. The first kappa shape index (κ1) is 11.7. The maximum atomic E-state index is 12.5. The van der Waals surface area contributed by atoms with Gasteiger partial charge in [-0.1, -0.05) is 19.3 Å². The topological polar surface area (TPSA) is 66.5 Å². The van der Waals surface area contributed by atoms with Crippen LogP contribution in [-0.4, -0.2) is 28.3 Å². The van der Waals surface area contributed by atoms with Crippen LogP contribution in [0.15, 0.2) is 0 Å². The monoisotopic (exact) mass is 250 g/mol. The Morgan fingerprint density at radius 1 is 1.00 bits per heavy atom. The van der Waals surface area contributed by atoms with Crippen LogP contribution < -0.4 is 5.32 Å². The van der Waals surface area contributed by atoms with Crippen molar-refractivity contribution in [2.45, 2.75) is 57.4 Å². The summed E-state index contributed by atoms with van der Waals surface area (Å²) in [6.45, 7) is 1.97. The standard InChI is InChI=1S/C13H18N2O3/c1-12(5-3-2-4-6-12)15-10(17)13(7-8-13)9(16)14-11(15)18/h2-8H2,1H3,(H,14,16,18). The lowest BCUT2D eigenvalue weighted by molar-refractivity contribution is -0.149. The van der Waals surface area contributed by atoms with E-state index in [1.54, 1.807) is 0 Å². The predicted octanol–water partition coefficient (Wildman–Crippen LogP) is 1.57. The Labute approximate surface area is 106 Å². The number of urea groups is 1. The normalized spacial score (nSPS) is 29.4. The quantitative estimate of drug-likeness (QED) is 0.718. The molecule has 0 bridgehead atoms. The fourth-order valence-electron chi connectivity index (χ4n) is 3.27. The van der Waals surface area contributed by atoms with Crippen molar-refractivity contribution in [2.24, 2.45) is 5.41 Å². The molecule has 3 aliphatic rings. The second kappa shape index (κ2) is 3.56. The molecule has 3 rings (SSSR count). The van der Waals surface area contributed by atoms with E-state index in [-0.39, 0.29) is 5.91 Å². The van der Waals surface area contributed by atoms with Crippen LogP contribution >= 0.6 is 0 Å². The molecule has 1 saturated heterocycles. The van der Waals surface area contributed by atoms with Crippen LogP contribution in [0.4, 0.5) is 4.79 Å². The van der Waals surface area contributed by atoms with Crippen LogP contribution in [-0.2, 0) is 9.59 Å². The van der Waals surface area contributed by atoms with Gasteiger partial charge in [-0.3, -0.25) is 19.8 Å². The molecule has 1 aliphatic heterocycles. The molecule has 0 radical (unpaired) electrons. The highest BCUT2D eigenvalue weighted by atomic mass is 16.2. The first-order valence-corrected chi connectivity index (χ1v) is 6.70. The van der Waals surface area contributed by atoms with E-state index < -0.39 is 22.9 Å². The lowest BCUT2D eigenvalue weighted by atomic mass is 9.80. The summed E-state index contributed by atoms with van der Waals surface area (Å²) >= 11 is 0. The molecule has 0 unspecified atom stereocenters. The molecule has 98 valence electrons. The van der Waals surface area contributed by atoms with Gasteiger partial charge in [0.1, 0.15) is 5.41 Å². The van der Waals surface area contributed by atoms with Crippen LogP contribution in [0.1, 0.15) is 51.9 Å². The maximum absolute atomic E-state index is 12.5. The molecule has 0 aromatic carbocycles. The first-order chi connectivity index (χ1) is 8.50. The van der Waals surface area contributed by atoms with Crippen molar-refractivity contribution in [1.29, 1.82) is 0 Å². The number of imide groups is 2. The molecule has 0 aromatic rings. The number of amides is 4. The Hall–Kier alpha value is -1.39. The van der Waals surface area contributed by atoms with Crippen molar-refractivity contribution >= 4 is 17.8 Å². The number of carbonyl (C=O) groups excluding carboxylic acids is 3. The van der Waals surface area contributed by atoms with Gasteiger partial charge in [-0.15, -0.1) is 0 Å². The minimum absolute atomic E-state index is 0.263. The second-order valence-electron chi connectivity index (χ2n) is 6.04. The molecule has 2 aliphatic carbocycles. The Kier molecular flexibility index (Phi) is 2.31. The summed E-state index contributed by atoms with van der Waals surface area (Å²) in [4.78, 5) is 37.6.